The Morgan fingerprint density at radius 3 is 2.89 bits per heavy atom. The molecule has 19 heavy (non-hydrogen) atoms. The Kier molecular flexibility index (Phi) is 3.65. The van der Waals surface area contributed by atoms with E-state index >= 15 is 0 Å². The molecule has 0 fully saturated rings. The lowest BCUT2D eigenvalue weighted by Crippen LogP contribution is -2.21. The number of hydrogen-bond donors (Lipinski definition) is 0. The van der Waals surface area contributed by atoms with Crippen LogP contribution < -0.4 is 0 Å². The third-order valence-electron chi connectivity index (χ3n) is 3.77. The van der Waals surface area contributed by atoms with E-state index in [1.165, 1.54) is 22.4 Å². The van der Waals surface area contributed by atoms with Gasteiger partial charge >= 0.3 is 0 Å². The standard InChI is InChI=1S/C16H17BrN2/c1-2-5-15-12(9-17)10-18-16(19-15)14-8-11-6-3-4-7-13(11)14/h3-4,6-7,10,14H,2,5,8-9H2,1H3. The van der Waals surface area contributed by atoms with Crippen molar-refractivity contribution < 1.29 is 0 Å². The molecule has 1 unspecified atom stereocenters. The summed E-state index contributed by atoms with van der Waals surface area (Å²) < 4.78 is 0. The molecule has 0 aliphatic heterocycles. The fraction of sp³-hybridized carbons (Fsp3) is 0.375. The summed E-state index contributed by atoms with van der Waals surface area (Å²) >= 11 is 3.52. The smallest absolute Gasteiger partial charge is 0.136 e. The van der Waals surface area contributed by atoms with Gasteiger partial charge in [-0.3, -0.25) is 0 Å². The normalized spacial score (nSPS) is 16.8. The molecule has 3 rings (SSSR count). The largest absolute Gasteiger partial charge is 0.240 e. The van der Waals surface area contributed by atoms with E-state index in [9.17, 15) is 0 Å². The molecule has 0 radical (unpaired) electrons. The van der Waals surface area contributed by atoms with E-state index in [4.69, 9.17) is 4.98 Å². The summed E-state index contributed by atoms with van der Waals surface area (Å²) in [6, 6.07) is 8.60. The Morgan fingerprint density at radius 1 is 1.32 bits per heavy atom. The number of rotatable bonds is 4. The van der Waals surface area contributed by atoms with Crippen molar-refractivity contribution in [3.05, 3.63) is 58.7 Å². The van der Waals surface area contributed by atoms with Crippen molar-refractivity contribution in [2.75, 3.05) is 0 Å². The second-order valence-electron chi connectivity index (χ2n) is 5.04. The van der Waals surface area contributed by atoms with Crippen molar-refractivity contribution in [1.29, 1.82) is 0 Å². The van der Waals surface area contributed by atoms with Crippen molar-refractivity contribution in [3.63, 3.8) is 0 Å². The third kappa shape index (κ3) is 2.32. The summed E-state index contributed by atoms with van der Waals surface area (Å²) in [6.45, 7) is 2.19. The van der Waals surface area contributed by atoms with E-state index < -0.39 is 0 Å². The number of aromatic nitrogens is 2. The molecule has 0 spiro atoms. The Balaban J connectivity index is 1.93. The maximum atomic E-state index is 4.81. The first-order valence-electron chi connectivity index (χ1n) is 6.82. The second kappa shape index (κ2) is 5.41. The molecule has 0 saturated carbocycles. The average Bonchev–Trinajstić information content (AvgIpc) is 2.41. The minimum atomic E-state index is 0.399. The van der Waals surface area contributed by atoms with Crippen LogP contribution in [0.4, 0.5) is 0 Å². The van der Waals surface area contributed by atoms with E-state index in [1.807, 2.05) is 6.20 Å². The molecule has 1 heterocycles. The van der Waals surface area contributed by atoms with E-state index in [-0.39, 0.29) is 0 Å². The van der Waals surface area contributed by atoms with Crippen LogP contribution in [0.1, 0.15) is 47.5 Å². The summed E-state index contributed by atoms with van der Waals surface area (Å²) in [4.78, 5) is 9.39. The quantitative estimate of drug-likeness (QED) is 0.796. The molecule has 0 N–H and O–H groups in total. The van der Waals surface area contributed by atoms with Gasteiger partial charge < -0.3 is 0 Å². The molecule has 3 heteroatoms. The molecular formula is C16H17BrN2. The van der Waals surface area contributed by atoms with E-state index in [1.54, 1.807) is 0 Å². The predicted octanol–water partition coefficient (Wildman–Crippen LogP) is 4.01. The minimum Gasteiger partial charge on any atom is -0.240 e. The van der Waals surface area contributed by atoms with Gasteiger partial charge in [0.2, 0.25) is 0 Å². The maximum absolute atomic E-state index is 4.81. The summed E-state index contributed by atoms with van der Waals surface area (Å²) in [5.41, 5.74) is 5.27. The third-order valence-corrected chi connectivity index (χ3v) is 4.37. The number of benzene rings is 1. The summed E-state index contributed by atoms with van der Waals surface area (Å²) in [5, 5.41) is 0.837. The van der Waals surface area contributed by atoms with Crippen molar-refractivity contribution in [2.24, 2.45) is 0 Å². The van der Waals surface area contributed by atoms with Crippen LogP contribution in [-0.4, -0.2) is 9.97 Å². The Labute approximate surface area is 122 Å². The van der Waals surface area contributed by atoms with Gasteiger partial charge in [0.15, 0.2) is 0 Å². The van der Waals surface area contributed by atoms with Gasteiger partial charge in [-0.05, 0) is 24.0 Å². The molecule has 98 valence electrons. The van der Waals surface area contributed by atoms with Crippen LogP contribution in [0, 0.1) is 0 Å². The first-order chi connectivity index (χ1) is 9.33. The van der Waals surface area contributed by atoms with Crippen molar-refractivity contribution in [1.82, 2.24) is 9.97 Å². The van der Waals surface area contributed by atoms with Crippen LogP contribution >= 0.6 is 15.9 Å². The van der Waals surface area contributed by atoms with Gasteiger partial charge in [0.25, 0.3) is 0 Å². The summed E-state index contributed by atoms with van der Waals surface area (Å²) in [6.07, 6.45) is 5.22. The molecule has 1 aliphatic rings. The number of nitrogens with zero attached hydrogens (tertiary/aromatic N) is 2. The molecule has 0 saturated heterocycles. The zero-order chi connectivity index (χ0) is 13.2. The number of fused-ring (bicyclic) bond motifs is 1. The SMILES string of the molecule is CCCc1nc(C2Cc3ccccc32)ncc1CBr. The van der Waals surface area contributed by atoms with Crippen molar-refractivity contribution in [2.45, 2.75) is 37.4 Å². The van der Waals surface area contributed by atoms with Crippen LogP contribution in [0.15, 0.2) is 30.5 Å². The van der Waals surface area contributed by atoms with Crippen molar-refractivity contribution in [3.8, 4) is 0 Å². The van der Waals surface area contributed by atoms with Gasteiger partial charge in [0.1, 0.15) is 5.82 Å². The van der Waals surface area contributed by atoms with Crippen LogP contribution in [0.5, 0.6) is 0 Å². The van der Waals surface area contributed by atoms with Crippen LogP contribution in [0.2, 0.25) is 0 Å². The van der Waals surface area contributed by atoms with Gasteiger partial charge in [0.05, 0.1) is 0 Å². The molecule has 1 aromatic heterocycles. The second-order valence-corrected chi connectivity index (χ2v) is 5.60. The fourth-order valence-corrected chi connectivity index (χ4v) is 3.15. The van der Waals surface area contributed by atoms with Gasteiger partial charge in [-0.2, -0.15) is 0 Å². The van der Waals surface area contributed by atoms with E-state index in [0.29, 0.717) is 5.92 Å². The molecule has 2 nitrogen and oxygen atoms in total. The topological polar surface area (TPSA) is 25.8 Å². The van der Waals surface area contributed by atoms with Gasteiger partial charge in [0, 0.05) is 28.7 Å². The lowest BCUT2D eigenvalue weighted by atomic mass is 9.77. The van der Waals surface area contributed by atoms with E-state index in [0.717, 1.165) is 30.4 Å². The first-order valence-corrected chi connectivity index (χ1v) is 7.94. The lowest BCUT2D eigenvalue weighted by molar-refractivity contribution is 0.649. The fourth-order valence-electron chi connectivity index (χ4n) is 2.68. The minimum absolute atomic E-state index is 0.399. The van der Waals surface area contributed by atoms with Gasteiger partial charge in [-0.15, -0.1) is 0 Å². The number of alkyl halides is 1. The van der Waals surface area contributed by atoms with Gasteiger partial charge in [-0.1, -0.05) is 53.5 Å². The monoisotopic (exact) mass is 316 g/mol. The number of halogens is 1. The van der Waals surface area contributed by atoms with Crippen LogP contribution in [0.25, 0.3) is 0 Å². The summed E-state index contributed by atoms with van der Waals surface area (Å²) in [7, 11) is 0. The summed E-state index contributed by atoms with van der Waals surface area (Å²) in [5.74, 6) is 1.39. The molecule has 0 amide bonds. The Hall–Kier alpha value is -1.22. The highest BCUT2D eigenvalue weighted by atomic mass is 79.9. The zero-order valence-corrected chi connectivity index (χ0v) is 12.7. The van der Waals surface area contributed by atoms with Crippen LogP contribution in [0.3, 0.4) is 0 Å². The van der Waals surface area contributed by atoms with E-state index in [2.05, 4.69) is 52.1 Å². The lowest BCUT2D eigenvalue weighted by Gasteiger charge is -2.29. The molecule has 1 aliphatic carbocycles. The van der Waals surface area contributed by atoms with Crippen LogP contribution in [-0.2, 0) is 18.2 Å². The average molecular weight is 317 g/mol. The highest BCUT2D eigenvalue weighted by molar-refractivity contribution is 9.08. The Bertz CT molecular complexity index is 595. The molecule has 1 aromatic carbocycles. The predicted molar refractivity (Wildman–Crippen MR) is 80.6 cm³/mol. The highest BCUT2D eigenvalue weighted by Crippen LogP contribution is 2.38. The molecular weight excluding hydrogens is 300 g/mol. The van der Waals surface area contributed by atoms with Gasteiger partial charge in [-0.25, -0.2) is 9.97 Å². The number of hydrogen-bond acceptors (Lipinski definition) is 2. The number of aryl methyl sites for hydroxylation is 1. The first kappa shape index (κ1) is 12.8. The van der Waals surface area contributed by atoms with Crippen molar-refractivity contribution >= 4 is 15.9 Å². The highest BCUT2D eigenvalue weighted by Gasteiger charge is 2.29. The maximum Gasteiger partial charge on any atom is 0.136 e. The molecule has 1 atom stereocenters. The Morgan fingerprint density at radius 2 is 2.16 bits per heavy atom. The molecule has 2 aromatic rings. The zero-order valence-electron chi connectivity index (χ0n) is 11.1. The molecule has 0 bridgehead atoms.